The van der Waals surface area contributed by atoms with E-state index in [4.69, 9.17) is 16.3 Å². The standard InChI is InChI=1S/C22H32N8O3S/c1-13-12-14(25-18-16(17(23)31)19(28-24)27-20(26-18)34-5)6-7-15(13)29-8-10-30(11-9-29)21(32)33-22(2,3)4/h6-7,12H,8-11,24H2,1-5H3,(H2,23,31)(H2,25,26,27,28). The van der Waals surface area contributed by atoms with Crippen LogP contribution in [0.2, 0.25) is 0 Å². The zero-order chi connectivity index (χ0) is 25.0. The first-order valence-electron chi connectivity index (χ1n) is 10.9. The Kier molecular flexibility index (Phi) is 7.72. The molecule has 0 atom stereocenters. The van der Waals surface area contributed by atoms with Crippen molar-refractivity contribution >= 4 is 46.8 Å². The first-order chi connectivity index (χ1) is 16.0. The lowest BCUT2D eigenvalue weighted by atomic mass is 10.1. The lowest BCUT2D eigenvalue weighted by Crippen LogP contribution is -2.50. The number of nitrogens with one attached hydrogen (secondary N) is 2. The molecule has 3 rings (SSSR count). The Labute approximate surface area is 203 Å². The molecule has 11 nitrogen and oxygen atoms in total. The third-order valence-corrected chi connectivity index (χ3v) is 5.73. The van der Waals surface area contributed by atoms with Crippen LogP contribution >= 0.6 is 11.8 Å². The quantitative estimate of drug-likeness (QED) is 0.207. The van der Waals surface area contributed by atoms with Gasteiger partial charge in [0.15, 0.2) is 11.0 Å². The van der Waals surface area contributed by atoms with Gasteiger partial charge in [-0.15, -0.1) is 0 Å². The van der Waals surface area contributed by atoms with Crippen LogP contribution in [0.15, 0.2) is 23.4 Å². The molecule has 0 radical (unpaired) electrons. The molecule has 2 aromatic rings. The normalized spacial score (nSPS) is 14.1. The van der Waals surface area contributed by atoms with Gasteiger partial charge in [0.05, 0.1) is 0 Å². The Morgan fingerprint density at radius 3 is 2.29 bits per heavy atom. The maximum atomic E-state index is 12.3. The van der Waals surface area contributed by atoms with Crippen molar-refractivity contribution in [3.63, 3.8) is 0 Å². The highest BCUT2D eigenvalue weighted by Gasteiger charge is 2.26. The second-order valence-electron chi connectivity index (χ2n) is 8.87. The number of carbonyl (C=O) groups is 2. The van der Waals surface area contributed by atoms with Crippen LogP contribution in [0.4, 0.5) is 27.8 Å². The lowest BCUT2D eigenvalue weighted by molar-refractivity contribution is 0.0240. The number of hydrogen-bond donors (Lipinski definition) is 4. The number of carbonyl (C=O) groups excluding carboxylic acids is 2. The van der Waals surface area contributed by atoms with Crippen molar-refractivity contribution in [2.24, 2.45) is 11.6 Å². The molecule has 1 aliphatic heterocycles. The molecule has 1 fully saturated rings. The van der Waals surface area contributed by atoms with E-state index in [9.17, 15) is 9.59 Å². The summed E-state index contributed by atoms with van der Waals surface area (Å²) >= 11 is 1.32. The molecule has 1 aromatic heterocycles. The maximum absolute atomic E-state index is 12.3. The molecular weight excluding hydrogens is 456 g/mol. The molecule has 1 aliphatic rings. The monoisotopic (exact) mass is 488 g/mol. The van der Waals surface area contributed by atoms with Crippen LogP contribution in [0.1, 0.15) is 36.7 Å². The molecule has 12 heteroatoms. The minimum Gasteiger partial charge on any atom is -0.444 e. The molecule has 6 N–H and O–H groups in total. The molecule has 0 unspecified atom stereocenters. The first kappa shape index (κ1) is 25.4. The number of nitrogens with zero attached hydrogens (tertiary/aromatic N) is 4. The van der Waals surface area contributed by atoms with Gasteiger partial charge in [-0.3, -0.25) is 4.79 Å². The number of ether oxygens (including phenoxy) is 1. The third kappa shape index (κ3) is 6.00. The molecule has 2 amide bonds. The molecule has 34 heavy (non-hydrogen) atoms. The molecule has 2 heterocycles. The number of benzene rings is 1. The van der Waals surface area contributed by atoms with E-state index in [-0.39, 0.29) is 23.3 Å². The second-order valence-corrected chi connectivity index (χ2v) is 9.65. The summed E-state index contributed by atoms with van der Waals surface area (Å²) < 4.78 is 5.48. The van der Waals surface area contributed by atoms with Gasteiger partial charge in [-0.25, -0.2) is 20.6 Å². The van der Waals surface area contributed by atoms with Crippen molar-refractivity contribution in [3.05, 3.63) is 29.3 Å². The molecule has 0 aliphatic carbocycles. The summed E-state index contributed by atoms with van der Waals surface area (Å²) in [5.41, 5.74) is 10.4. The Hall–Kier alpha value is -3.25. The van der Waals surface area contributed by atoms with E-state index in [0.717, 1.165) is 16.9 Å². The van der Waals surface area contributed by atoms with E-state index >= 15 is 0 Å². The number of nitrogens with two attached hydrogens (primary N) is 2. The third-order valence-electron chi connectivity index (χ3n) is 5.19. The Balaban J connectivity index is 1.75. The van der Waals surface area contributed by atoms with Crippen LogP contribution in [0.5, 0.6) is 0 Å². The number of hydrogen-bond acceptors (Lipinski definition) is 10. The molecular formula is C22H32N8O3S. The van der Waals surface area contributed by atoms with Crippen molar-refractivity contribution in [2.75, 3.05) is 48.1 Å². The Bertz CT molecular complexity index is 1060. The first-order valence-corrected chi connectivity index (χ1v) is 12.1. The predicted octanol–water partition coefficient (Wildman–Crippen LogP) is 2.69. The summed E-state index contributed by atoms with van der Waals surface area (Å²) in [5.74, 6) is 5.28. The molecule has 1 aromatic carbocycles. The number of rotatable bonds is 6. The van der Waals surface area contributed by atoms with Crippen LogP contribution in [0.3, 0.4) is 0 Å². The fourth-order valence-electron chi connectivity index (χ4n) is 3.64. The number of anilines is 4. The average molecular weight is 489 g/mol. The van der Waals surface area contributed by atoms with Gasteiger partial charge >= 0.3 is 6.09 Å². The fraction of sp³-hybridized carbons (Fsp3) is 0.455. The maximum Gasteiger partial charge on any atom is 0.410 e. The van der Waals surface area contributed by atoms with Gasteiger partial charge in [0, 0.05) is 37.6 Å². The summed E-state index contributed by atoms with van der Waals surface area (Å²) in [4.78, 5) is 36.9. The minimum absolute atomic E-state index is 0.0836. The predicted molar refractivity (Wildman–Crippen MR) is 135 cm³/mol. The highest BCUT2D eigenvalue weighted by Crippen LogP contribution is 2.30. The van der Waals surface area contributed by atoms with Crippen molar-refractivity contribution < 1.29 is 14.3 Å². The summed E-state index contributed by atoms with van der Waals surface area (Å²) in [7, 11) is 0. The number of aromatic nitrogens is 2. The molecule has 1 saturated heterocycles. The fourth-order valence-corrected chi connectivity index (χ4v) is 4.01. The number of aryl methyl sites for hydroxylation is 1. The van der Waals surface area contributed by atoms with E-state index in [2.05, 4.69) is 25.6 Å². The smallest absolute Gasteiger partial charge is 0.410 e. The summed E-state index contributed by atoms with van der Waals surface area (Å²) in [5, 5.41) is 3.61. The Morgan fingerprint density at radius 1 is 1.12 bits per heavy atom. The number of amides is 2. The average Bonchev–Trinajstić information content (AvgIpc) is 2.77. The van der Waals surface area contributed by atoms with Crippen LogP contribution in [-0.2, 0) is 4.74 Å². The number of piperazine rings is 1. The van der Waals surface area contributed by atoms with E-state index in [1.54, 1.807) is 4.90 Å². The van der Waals surface area contributed by atoms with Crippen LogP contribution in [0.25, 0.3) is 0 Å². The zero-order valence-corrected chi connectivity index (χ0v) is 21.0. The van der Waals surface area contributed by atoms with Gasteiger partial charge in [-0.2, -0.15) is 0 Å². The van der Waals surface area contributed by atoms with Crippen LogP contribution in [-0.4, -0.2) is 64.9 Å². The van der Waals surface area contributed by atoms with Gasteiger partial charge in [-0.05, 0) is 57.7 Å². The SMILES string of the molecule is CSc1nc(NN)c(C(N)=O)c(Nc2ccc(N3CCN(C(=O)OC(C)(C)C)CC3)c(C)c2)n1. The summed E-state index contributed by atoms with van der Waals surface area (Å²) in [6.07, 6.45) is 1.54. The number of nitrogen functional groups attached to an aromatic ring is 1. The summed E-state index contributed by atoms with van der Waals surface area (Å²) in [6, 6.07) is 5.88. The molecule has 0 saturated carbocycles. The highest BCUT2D eigenvalue weighted by molar-refractivity contribution is 7.98. The second kappa shape index (κ2) is 10.3. The van der Waals surface area contributed by atoms with Crippen LogP contribution in [0, 0.1) is 6.92 Å². The molecule has 0 spiro atoms. The molecule has 184 valence electrons. The van der Waals surface area contributed by atoms with Crippen LogP contribution < -0.4 is 27.2 Å². The van der Waals surface area contributed by atoms with Crippen molar-refractivity contribution in [1.82, 2.24) is 14.9 Å². The largest absolute Gasteiger partial charge is 0.444 e. The number of hydrazine groups is 1. The van der Waals surface area contributed by atoms with Gasteiger partial charge in [-0.1, -0.05) is 11.8 Å². The highest BCUT2D eigenvalue weighted by atomic mass is 32.2. The van der Waals surface area contributed by atoms with E-state index in [0.29, 0.717) is 31.3 Å². The van der Waals surface area contributed by atoms with Gasteiger partial charge in [0.2, 0.25) is 0 Å². The lowest BCUT2D eigenvalue weighted by Gasteiger charge is -2.37. The van der Waals surface area contributed by atoms with Crippen molar-refractivity contribution in [1.29, 1.82) is 0 Å². The van der Waals surface area contributed by atoms with Gasteiger partial charge < -0.3 is 31.0 Å². The Morgan fingerprint density at radius 2 is 1.76 bits per heavy atom. The van der Waals surface area contributed by atoms with Crippen molar-refractivity contribution in [3.8, 4) is 0 Å². The van der Waals surface area contributed by atoms with Gasteiger partial charge in [0.25, 0.3) is 5.91 Å². The van der Waals surface area contributed by atoms with Gasteiger partial charge in [0.1, 0.15) is 17.0 Å². The number of primary amides is 1. The minimum atomic E-state index is -0.695. The van der Waals surface area contributed by atoms with E-state index < -0.39 is 11.5 Å². The van der Waals surface area contributed by atoms with Crippen molar-refractivity contribution in [2.45, 2.75) is 38.5 Å². The van der Waals surface area contributed by atoms with E-state index in [1.165, 1.54) is 11.8 Å². The summed E-state index contributed by atoms with van der Waals surface area (Å²) in [6.45, 7) is 10.2. The zero-order valence-electron chi connectivity index (χ0n) is 20.1. The topological polar surface area (TPSA) is 152 Å². The number of thioether (sulfide) groups is 1. The van der Waals surface area contributed by atoms with E-state index in [1.807, 2.05) is 52.1 Å². The molecule has 0 bridgehead atoms.